The van der Waals surface area contributed by atoms with Crippen LogP contribution in [0.4, 0.5) is 0 Å². The third-order valence-corrected chi connectivity index (χ3v) is 3.64. The van der Waals surface area contributed by atoms with Gasteiger partial charge in [-0.25, -0.2) is 0 Å². The minimum absolute atomic E-state index is 0.319. The second-order valence-corrected chi connectivity index (χ2v) is 5.56. The number of benzene rings is 2. The van der Waals surface area contributed by atoms with E-state index in [1.54, 1.807) is 12.1 Å². The molecule has 100 valence electrons. The van der Waals surface area contributed by atoms with Gasteiger partial charge in [0.25, 0.3) is 0 Å². The molecule has 0 aliphatic heterocycles. The Kier molecular flexibility index (Phi) is 5.00. The summed E-state index contributed by atoms with van der Waals surface area (Å²) in [6.45, 7) is 3.08. The Morgan fingerprint density at radius 3 is 2.58 bits per heavy atom. The maximum Gasteiger partial charge on any atom is 0.115 e. The van der Waals surface area contributed by atoms with Crippen molar-refractivity contribution >= 4 is 15.9 Å². The Morgan fingerprint density at radius 2 is 1.89 bits per heavy atom. The summed E-state index contributed by atoms with van der Waals surface area (Å²) in [4.78, 5) is 0. The van der Waals surface area contributed by atoms with Crippen LogP contribution in [0, 0.1) is 0 Å². The van der Waals surface area contributed by atoms with Crippen LogP contribution in [-0.4, -0.2) is 11.7 Å². The van der Waals surface area contributed by atoms with Crippen LogP contribution in [0.3, 0.4) is 0 Å². The summed E-state index contributed by atoms with van der Waals surface area (Å²) in [5, 5.41) is 12.7. The van der Waals surface area contributed by atoms with Crippen molar-refractivity contribution in [3.05, 3.63) is 64.1 Å². The molecule has 0 amide bonds. The van der Waals surface area contributed by atoms with Gasteiger partial charge in [0, 0.05) is 10.5 Å². The zero-order valence-corrected chi connectivity index (χ0v) is 12.5. The number of phenols is 1. The first-order valence-electron chi connectivity index (χ1n) is 6.42. The molecule has 2 rings (SSSR count). The normalized spacial score (nSPS) is 12.3. The van der Waals surface area contributed by atoms with Crippen LogP contribution in [0.1, 0.15) is 24.1 Å². The Balaban J connectivity index is 1.84. The number of rotatable bonds is 5. The van der Waals surface area contributed by atoms with Gasteiger partial charge >= 0.3 is 0 Å². The molecule has 0 bridgehead atoms. The molecule has 3 heteroatoms. The van der Waals surface area contributed by atoms with Crippen LogP contribution in [0.5, 0.6) is 5.75 Å². The van der Waals surface area contributed by atoms with Crippen LogP contribution in [0.25, 0.3) is 0 Å². The number of hydrogen-bond donors (Lipinski definition) is 2. The lowest BCUT2D eigenvalue weighted by molar-refractivity contribution is 0.475. The summed E-state index contributed by atoms with van der Waals surface area (Å²) < 4.78 is 1.11. The Bertz CT molecular complexity index is 525. The minimum atomic E-state index is 0.319. The highest BCUT2D eigenvalue weighted by Crippen LogP contribution is 2.17. The molecule has 0 aliphatic rings. The first kappa shape index (κ1) is 14.1. The molecule has 1 unspecified atom stereocenters. The molecule has 0 aliphatic carbocycles. The van der Waals surface area contributed by atoms with Gasteiger partial charge in [-0.1, -0.05) is 40.2 Å². The van der Waals surface area contributed by atoms with Crippen molar-refractivity contribution in [3.8, 4) is 5.75 Å². The lowest BCUT2D eigenvalue weighted by Crippen LogP contribution is -2.21. The average Bonchev–Trinajstić information content (AvgIpc) is 2.41. The second kappa shape index (κ2) is 6.73. The molecule has 0 saturated carbocycles. The summed E-state index contributed by atoms with van der Waals surface area (Å²) in [5.74, 6) is 0.319. The first-order valence-corrected chi connectivity index (χ1v) is 7.21. The van der Waals surface area contributed by atoms with Crippen molar-refractivity contribution in [1.29, 1.82) is 0 Å². The van der Waals surface area contributed by atoms with Crippen molar-refractivity contribution < 1.29 is 5.11 Å². The van der Waals surface area contributed by atoms with Crippen LogP contribution < -0.4 is 5.32 Å². The average molecular weight is 320 g/mol. The molecule has 0 aromatic heterocycles. The number of aromatic hydroxyl groups is 1. The fraction of sp³-hybridized carbons (Fsp3) is 0.250. The van der Waals surface area contributed by atoms with Crippen LogP contribution in [0.15, 0.2) is 53.0 Å². The number of hydrogen-bond acceptors (Lipinski definition) is 2. The van der Waals surface area contributed by atoms with Gasteiger partial charge in [-0.3, -0.25) is 0 Å². The molecule has 0 heterocycles. The van der Waals surface area contributed by atoms with Gasteiger partial charge in [-0.2, -0.15) is 0 Å². The maximum atomic E-state index is 9.22. The van der Waals surface area contributed by atoms with Crippen LogP contribution in [-0.2, 0) is 6.42 Å². The van der Waals surface area contributed by atoms with E-state index < -0.39 is 0 Å². The number of halogens is 1. The smallest absolute Gasteiger partial charge is 0.115 e. The van der Waals surface area contributed by atoms with Crippen LogP contribution in [0.2, 0.25) is 0 Å². The van der Waals surface area contributed by atoms with E-state index in [4.69, 9.17) is 0 Å². The van der Waals surface area contributed by atoms with E-state index in [2.05, 4.69) is 46.4 Å². The number of phenolic OH excluding ortho intramolecular Hbond substituents is 1. The predicted octanol–water partition coefficient (Wildman–Crippen LogP) is 4.05. The Morgan fingerprint density at radius 1 is 1.16 bits per heavy atom. The second-order valence-electron chi connectivity index (χ2n) is 4.65. The predicted molar refractivity (Wildman–Crippen MR) is 82.4 cm³/mol. The molecule has 0 radical (unpaired) electrons. The monoisotopic (exact) mass is 319 g/mol. The van der Waals surface area contributed by atoms with Crippen molar-refractivity contribution in [2.45, 2.75) is 19.4 Å². The molecule has 0 fully saturated rings. The summed E-state index contributed by atoms with van der Waals surface area (Å²) in [6, 6.07) is 16.1. The number of nitrogens with one attached hydrogen (secondary N) is 1. The van der Waals surface area contributed by atoms with Gasteiger partial charge in [0.05, 0.1) is 0 Å². The lowest BCUT2D eigenvalue weighted by Gasteiger charge is -2.14. The van der Waals surface area contributed by atoms with Crippen molar-refractivity contribution in [3.63, 3.8) is 0 Å². The van der Waals surface area contributed by atoms with E-state index in [-0.39, 0.29) is 0 Å². The van der Waals surface area contributed by atoms with Gasteiger partial charge in [0.1, 0.15) is 5.75 Å². The topological polar surface area (TPSA) is 32.3 Å². The molecule has 0 saturated heterocycles. The largest absolute Gasteiger partial charge is 0.508 e. The van der Waals surface area contributed by atoms with E-state index in [9.17, 15) is 5.11 Å². The lowest BCUT2D eigenvalue weighted by atomic mass is 10.1. The molecule has 2 nitrogen and oxygen atoms in total. The molecule has 2 aromatic rings. The van der Waals surface area contributed by atoms with Gasteiger partial charge in [-0.15, -0.1) is 0 Å². The standard InChI is InChI=1S/C16H18BrNO/c1-12(14-3-2-4-15(17)11-14)18-10-9-13-5-7-16(19)8-6-13/h2-8,11-12,18-19H,9-10H2,1H3. The SMILES string of the molecule is CC(NCCc1ccc(O)cc1)c1cccc(Br)c1. The maximum absolute atomic E-state index is 9.22. The fourth-order valence-electron chi connectivity index (χ4n) is 1.99. The zero-order chi connectivity index (χ0) is 13.7. The third-order valence-electron chi connectivity index (χ3n) is 3.15. The van der Waals surface area contributed by atoms with E-state index in [0.29, 0.717) is 11.8 Å². The molecular formula is C16H18BrNO. The van der Waals surface area contributed by atoms with Crippen molar-refractivity contribution in [1.82, 2.24) is 5.32 Å². The first-order chi connectivity index (χ1) is 9.15. The van der Waals surface area contributed by atoms with Crippen molar-refractivity contribution in [2.24, 2.45) is 0 Å². The van der Waals surface area contributed by atoms with Crippen molar-refractivity contribution in [2.75, 3.05) is 6.54 Å². The minimum Gasteiger partial charge on any atom is -0.508 e. The summed E-state index contributed by atoms with van der Waals surface area (Å²) in [7, 11) is 0. The van der Waals surface area contributed by atoms with Gasteiger partial charge < -0.3 is 10.4 Å². The van der Waals surface area contributed by atoms with Gasteiger partial charge in [0.2, 0.25) is 0 Å². The van der Waals surface area contributed by atoms with E-state index in [0.717, 1.165) is 17.4 Å². The Labute approximate surface area is 122 Å². The summed E-state index contributed by atoms with van der Waals surface area (Å²) in [6.07, 6.45) is 0.957. The molecular weight excluding hydrogens is 302 g/mol. The fourth-order valence-corrected chi connectivity index (χ4v) is 2.41. The highest BCUT2D eigenvalue weighted by molar-refractivity contribution is 9.10. The quantitative estimate of drug-likeness (QED) is 0.871. The molecule has 2 aromatic carbocycles. The zero-order valence-electron chi connectivity index (χ0n) is 10.9. The molecule has 19 heavy (non-hydrogen) atoms. The van der Waals surface area contributed by atoms with E-state index in [1.807, 2.05) is 18.2 Å². The Hall–Kier alpha value is -1.32. The van der Waals surface area contributed by atoms with Gasteiger partial charge in [0.15, 0.2) is 0 Å². The highest BCUT2D eigenvalue weighted by atomic mass is 79.9. The summed E-state index contributed by atoms with van der Waals surface area (Å²) >= 11 is 3.49. The third kappa shape index (κ3) is 4.37. The molecule has 1 atom stereocenters. The summed E-state index contributed by atoms with van der Waals surface area (Å²) in [5.41, 5.74) is 2.51. The van der Waals surface area contributed by atoms with Gasteiger partial charge in [-0.05, 0) is 55.3 Å². The molecule has 0 spiro atoms. The van der Waals surface area contributed by atoms with E-state index in [1.165, 1.54) is 11.1 Å². The van der Waals surface area contributed by atoms with E-state index >= 15 is 0 Å². The van der Waals surface area contributed by atoms with Crippen LogP contribution >= 0.6 is 15.9 Å². The molecule has 2 N–H and O–H groups in total. The highest BCUT2D eigenvalue weighted by Gasteiger charge is 2.04.